The van der Waals surface area contributed by atoms with E-state index < -0.39 is 12.1 Å². The second-order valence-electron chi connectivity index (χ2n) is 20.3. The highest BCUT2D eigenvalue weighted by Gasteiger charge is 2.18. The summed E-state index contributed by atoms with van der Waals surface area (Å²) in [4.78, 5) is 24.5. The normalized spacial score (nSPS) is 12.7. The first-order valence-electron chi connectivity index (χ1n) is 29.6. The molecule has 0 radical (unpaired) electrons. The molecule has 2 unspecified atom stereocenters. The van der Waals surface area contributed by atoms with Crippen LogP contribution in [0.15, 0.2) is 24.3 Å². The topological polar surface area (TPSA) is 95.9 Å². The molecule has 0 aliphatic carbocycles. The van der Waals surface area contributed by atoms with Crippen LogP contribution in [0.5, 0.6) is 0 Å². The van der Waals surface area contributed by atoms with Crippen LogP contribution < -0.4 is 5.32 Å². The van der Waals surface area contributed by atoms with Crippen molar-refractivity contribution in [2.24, 2.45) is 0 Å². The first kappa shape index (κ1) is 64.3. The van der Waals surface area contributed by atoms with Gasteiger partial charge >= 0.3 is 5.97 Å². The summed E-state index contributed by atoms with van der Waals surface area (Å²) in [5.74, 6) is -0.0613. The zero-order valence-corrected chi connectivity index (χ0v) is 44.4. The van der Waals surface area contributed by atoms with Crippen molar-refractivity contribution in [3.8, 4) is 0 Å². The number of rotatable bonds is 55. The lowest BCUT2D eigenvalue weighted by atomic mass is 10.0. The van der Waals surface area contributed by atoms with Crippen LogP contribution >= 0.6 is 0 Å². The molecule has 0 aromatic heterocycles. The molecule has 0 heterocycles. The fourth-order valence-corrected chi connectivity index (χ4v) is 9.16. The second kappa shape index (κ2) is 55.9. The monoisotopic (exact) mass is 930 g/mol. The number of esters is 1. The number of unbranched alkanes of at least 4 members (excludes halogenated alkanes) is 42. The number of aliphatic hydroxyl groups is 2. The third kappa shape index (κ3) is 51.7. The molecule has 0 saturated carbocycles. The number of hydrogen-bond acceptors (Lipinski definition) is 5. The van der Waals surface area contributed by atoms with E-state index in [0.717, 1.165) is 44.9 Å². The third-order valence-corrected chi connectivity index (χ3v) is 13.7. The zero-order valence-electron chi connectivity index (χ0n) is 44.4. The zero-order chi connectivity index (χ0) is 47.9. The van der Waals surface area contributed by atoms with Crippen molar-refractivity contribution in [2.45, 2.75) is 334 Å². The lowest BCUT2D eigenvalue weighted by molar-refractivity contribution is -0.143. The van der Waals surface area contributed by atoms with Gasteiger partial charge in [-0.3, -0.25) is 9.59 Å². The first-order chi connectivity index (χ1) is 32.5. The Balaban J connectivity index is 3.42. The lowest BCUT2D eigenvalue weighted by Crippen LogP contribution is -2.45. The van der Waals surface area contributed by atoms with E-state index in [9.17, 15) is 19.8 Å². The quantitative estimate of drug-likeness (QED) is 0.0321. The fourth-order valence-electron chi connectivity index (χ4n) is 9.16. The van der Waals surface area contributed by atoms with Crippen LogP contribution in [0, 0.1) is 0 Å². The van der Waals surface area contributed by atoms with Crippen molar-refractivity contribution in [3.63, 3.8) is 0 Å². The van der Waals surface area contributed by atoms with Crippen LogP contribution in [0.25, 0.3) is 0 Å². The SMILES string of the molecule is CCCCCCCCCCCCC/C=C/C(O)C(CO)NC(=O)CCCCCCCCC/C=C\CCCCCCCCCCCCCCOC(=O)CCCCCCCCCCCCCCC. The van der Waals surface area contributed by atoms with E-state index in [4.69, 9.17) is 4.74 Å². The Morgan fingerprint density at radius 1 is 0.409 bits per heavy atom. The number of carbonyl (C=O) groups excluding carboxylic acids is 2. The van der Waals surface area contributed by atoms with Crippen molar-refractivity contribution in [3.05, 3.63) is 24.3 Å². The maximum Gasteiger partial charge on any atom is 0.305 e. The largest absolute Gasteiger partial charge is 0.466 e. The van der Waals surface area contributed by atoms with Crippen LogP contribution in [0.1, 0.15) is 322 Å². The molecule has 66 heavy (non-hydrogen) atoms. The smallest absolute Gasteiger partial charge is 0.305 e. The van der Waals surface area contributed by atoms with Gasteiger partial charge in [-0.2, -0.15) is 0 Å². The molecule has 0 aliphatic heterocycles. The predicted octanol–water partition coefficient (Wildman–Crippen LogP) is 18.2. The highest BCUT2D eigenvalue weighted by Crippen LogP contribution is 2.17. The molecule has 0 fully saturated rings. The molecule has 0 aromatic rings. The summed E-state index contributed by atoms with van der Waals surface area (Å²) in [6.07, 6.45) is 67.8. The number of allylic oxidation sites excluding steroid dienone is 3. The Morgan fingerprint density at radius 2 is 0.712 bits per heavy atom. The number of aliphatic hydroxyl groups excluding tert-OH is 2. The van der Waals surface area contributed by atoms with Crippen molar-refractivity contribution in [2.75, 3.05) is 13.2 Å². The molecule has 3 N–H and O–H groups in total. The second-order valence-corrected chi connectivity index (χ2v) is 20.3. The maximum atomic E-state index is 12.4. The molecule has 1 amide bonds. The summed E-state index contributed by atoms with van der Waals surface area (Å²) >= 11 is 0. The van der Waals surface area contributed by atoms with Crippen molar-refractivity contribution in [1.29, 1.82) is 0 Å². The number of carbonyl (C=O) groups is 2. The predicted molar refractivity (Wildman–Crippen MR) is 287 cm³/mol. The van der Waals surface area contributed by atoms with Gasteiger partial charge in [0, 0.05) is 12.8 Å². The van der Waals surface area contributed by atoms with Crippen molar-refractivity contribution in [1.82, 2.24) is 5.32 Å². The standard InChI is InChI=1S/C60H115NO5/c1-3-5-7-9-11-13-15-28-32-36-40-44-48-52-58(63)57(56-62)61-59(64)53-49-45-41-37-33-30-26-24-22-20-18-17-19-21-23-25-27-31-35-39-43-47-51-55-66-60(65)54-50-46-42-38-34-29-16-14-12-10-8-6-4-2/h20,22,48,52,57-58,62-63H,3-19,21,23-47,49-51,53-56H2,1-2H3,(H,61,64)/b22-20-,52-48+. The van der Waals surface area contributed by atoms with Crippen molar-refractivity contribution >= 4 is 11.9 Å². The van der Waals surface area contributed by atoms with Crippen molar-refractivity contribution < 1.29 is 24.5 Å². The van der Waals surface area contributed by atoms with E-state index in [1.54, 1.807) is 6.08 Å². The Labute approximate surface area is 411 Å². The van der Waals surface area contributed by atoms with Gasteiger partial charge in [-0.05, 0) is 57.8 Å². The molecule has 0 aliphatic rings. The number of ether oxygens (including phenoxy) is 1. The van der Waals surface area contributed by atoms with E-state index in [0.29, 0.717) is 19.4 Å². The fraction of sp³-hybridized carbons (Fsp3) is 0.900. The van der Waals surface area contributed by atoms with Gasteiger partial charge in [-0.15, -0.1) is 0 Å². The van der Waals surface area contributed by atoms with E-state index >= 15 is 0 Å². The number of hydrogen-bond donors (Lipinski definition) is 3. The number of nitrogens with one attached hydrogen (secondary N) is 1. The average molecular weight is 931 g/mol. The average Bonchev–Trinajstić information content (AvgIpc) is 3.32. The molecule has 6 heteroatoms. The van der Waals surface area contributed by atoms with Gasteiger partial charge in [-0.25, -0.2) is 0 Å². The molecule has 2 atom stereocenters. The third-order valence-electron chi connectivity index (χ3n) is 13.7. The molecule has 0 spiro atoms. The van der Waals surface area contributed by atoms with Gasteiger partial charge in [0.25, 0.3) is 0 Å². The molecule has 0 aromatic carbocycles. The van der Waals surface area contributed by atoms with Gasteiger partial charge in [-0.1, -0.05) is 276 Å². The highest BCUT2D eigenvalue weighted by atomic mass is 16.5. The first-order valence-corrected chi connectivity index (χ1v) is 29.6. The van der Waals surface area contributed by atoms with E-state index in [-0.39, 0.29) is 18.5 Å². The van der Waals surface area contributed by atoms with Crippen LogP contribution in [-0.4, -0.2) is 47.4 Å². The van der Waals surface area contributed by atoms with Gasteiger partial charge in [0.15, 0.2) is 0 Å². The van der Waals surface area contributed by atoms with Gasteiger partial charge in [0.1, 0.15) is 0 Å². The summed E-state index contributed by atoms with van der Waals surface area (Å²) in [7, 11) is 0. The molecule has 0 saturated heterocycles. The molecular weight excluding hydrogens is 815 g/mol. The van der Waals surface area contributed by atoms with Crippen LogP contribution in [-0.2, 0) is 14.3 Å². The summed E-state index contributed by atoms with van der Waals surface area (Å²) in [5.41, 5.74) is 0. The Morgan fingerprint density at radius 3 is 1.08 bits per heavy atom. The summed E-state index contributed by atoms with van der Waals surface area (Å²) in [6.45, 7) is 4.91. The van der Waals surface area contributed by atoms with Gasteiger partial charge in [0.2, 0.25) is 5.91 Å². The summed E-state index contributed by atoms with van der Waals surface area (Å²) < 4.78 is 5.48. The molecule has 0 rings (SSSR count). The Bertz CT molecular complexity index is 1030. The Kier molecular flexibility index (Phi) is 54.5. The number of amides is 1. The van der Waals surface area contributed by atoms with Gasteiger partial charge in [0.05, 0.1) is 25.4 Å². The molecular formula is C60H115NO5. The summed E-state index contributed by atoms with van der Waals surface area (Å²) in [5, 5.41) is 23.1. The molecule has 6 nitrogen and oxygen atoms in total. The van der Waals surface area contributed by atoms with Crippen LogP contribution in [0.4, 0.5) is 0 Å². The maximum absolute atomic E-state index is 12.4. The van der Waals surface area contributed by atoms with E-state index in [1.807, 2.05) is 6.08 Å². The van der Waals surface area contributed by atoms with Crippen LogP contribution in [0.3, 0.4) is 0 Å². The van der Waals surface area contributed by atoms with E-state index in [2.05, 4.69) is 31.3 Å². The molecule has 390 valence electrons. The summed E-state index contributed by atoms with van der Waals surface area (Å²) in [6, 6.07) is -0.631. The van der Waals surface area contributed by atoms with Gasteiger partial charge < -0.3 is 20.3 Å². The molecule has 0 bridgehead atoms. The van der Waals surface area contributed by atoms with Crippen LogP contribution in [0.2, 0.25) is 0 Å². The minimum atomic E-state index is -0.847. The lowest BCUT2D eigenvalue weighted by Gasteiger charge is -2.20. The van der Waals surface area contributed by atoms with E-state index in [1.165, 1.54) is 250 Å². The Hall–Kier alpha value is -1.66. The highest BCUT2D eigenvalue weighted by molar-refractivity contribution is 5.76. The minimum Gasteiger partial charge on any atom is -0.466 e. The minimum absolute atomic E-state index is 0.0125.